The third-order valence-corrected chi connectivity index (χ3v) is 5.56. The summed E-state index contributed by atoms with van der Waals surface area (Å²) in [6.07, 6.45) is 0. The maximum atomic E-state index is 13.2. The predicted octanol–water partition coefficient (Wildman–Crippen LogP) is 3.40. The number of sulfonamides is 1. The molecule has 0 amide bonds. The number of benzene rings is 2. The van der Waals surface area contributed by atoms with Gasteiger partial charge < -0.3 is 4.74 Å². The number of methoxy groups -OCH3 is 1. The third kappa shape index (κ3) is 4.13. The van der Waals surface area contributed by atoms with E-state index in [0.29, 0.717) is 5.56 Å². The molecule has 0 aliphatic carbocycles. The molecule has 1 N–H and O–H groups in total. The molecule has 0 saturated carbocycles. The predicted molar refractivity (Wildman–Crippen MR) is 92.3 cm³/mol. The smallest absolute Gasteiger partial charge is 0.240 e. The van der Waals surface area contributed by atoms with E-state index in [0.717, 1.165) is 17.4 Å². The van der Waals surface area contributed by atoms with Crippen molar-refractivity contribution in [3.63, 3.8) is 0 Å². The number of hydrogen-bond donors (Lipinski definition) is 1. The lowest BCUT2D eigenvalue weighted by molar-refractivity contribution is 0.414. The second-order valence-corrected chi connectivity index (χ2v) is 8.08. The average molecular weight is 351 g/mol. The molecule has 2 aromatic rings. The second-order valence-electron chi connectivity index (χ2n) is 6.35. The van der Waals surface area contributed by atoms with Crippen LogP contribution in [0.1, 0.15) is 25.0 Å². The van der Waals surface area contributed by atoms with Crippen molar-refractivity contribution in [2.75, 3.05) is 13.7 Å². The molecular formula is C18H22FNO3S. The van der Waals surface area contributed by atoms with E-state index in [9.17, 15) is 12.8 Å². The zero-order valence-corrected chi connectivity index (χ0v) is 15.1. The van der Waals surface area contributed by atoms with Crippen LogP contribution < -0.4 is 9.46 Å². The van der Waals surface area contributed by atoms with Crippen LogP contribution in [0.4, 0.5) is 4.39 Å². The molecular weight excluding hydrogens is 329 g/mol. The molecule has 4 nitrogen and oxygen atoms in total. The van der Waals surface area contributed by atoms with Crippen molar-refractivity contribution in [2.24, 2.45) is 0 Å². The molecule has 24 heavy (non-hydrogen) atoms. The molecule has 6 heteroatoms. The molecule has 2 aromatic carbocycles. The van der Waals surface area contributed by atoms with E-state index in [1.54, 1.807) is 14.0 Å². The maximum Gasteiger partial charge on any atom is 0.240 e. The number of rotatable bonds is 6. The van der Waals surface area contributed by atoms with Crippen LogP contribution in [0.2, 0.25) is 0 Å². The Labute approximate surface area is 142 Å². The minimum Gasteiger partial charge on any atom is -0.497 e. The lowest BCUT2D eigenvalue weighted by atomic mass is 9.85. The summed E-state index contributed by atoms with van der Waals surface area (Å²) in [5.74, 6) is 0.294. The Morgan fingerprint density at radius 3 is 2.29 bits per heavy atom. The molecule has 0 radical (unpaired) electrons. The summed E-state index contributed by atoms with van der Waals surface area (Å²) in [5.41, 5.74) is 0.958. The van der Waals surface area contributed by atoms with Crippen LogP contribution in [-0.4, -0.2) is 22.1 Å². The van der Waals surface area contributed by atoms with Gasteiger partial charge in [0.2, 0.25) is 10.0 Å². The van der Waals surface area contributed by atoms with Crippen molar-refractivity contribution in [1.29, 1.82) is 0 Å². The average Bonchev–Trinajstić information content (AvgIpc) is 2.53. The summed E-state index contributed by atoms with van der Waals surface area (Å²) in [5, 5.41) is 0. The van der Waals surface area contributed by atoms with Crippen LogP contribution in [-0.2, 0) is 15.4 Å². The number of nitrogens with one attached hydrogen (secondary N) is 1. The van der Waals surface area contributed by atoms with Crippen LogP contribution in [0.5, 0.6) is 5.75 Å². The number of ether oxygens (including phenoxy) is 1. The number of aryl methyl sites for hydroxylation is 1. The highest BCUT2D eigenvalue weighted by Crippen LogP contribution is 2.25. The molecule has 0 aromatic heterocycles. The van der Waals surface area contributed by atoms with Gasteiger partial charge in [0.15, 0.2) is 0 Å². The highest BCUT2D eigenvalue weighted by atomic mass is 32.2. The van der Waals surface area contributed by atoms with Crippen molar-refractivity contribution in [1.82, 2.24) is 4.72 Å². The summed E-state index contributed by atoms with van der Waals surface area (Å²) in [6.45, 7) is 5.70. The first-order chi connectivity index (χ1) is 11.2. The van der Waals surface area contributed by atoms with Crippen molar-refractivity contribution in [3.8, 4) is 5.75 Å². The standard InChI is InChI=1S/C18H22FNO3S/c1-13-11-15(19)7-10-17(13)24(21,22)20-12-18(2,3)14-5-8-16(23-4)9-6-14/h5-11,20H,12H2,1-4H3. The molecule has 2 rings (SSSR count). The van der Waals surface area contributed by atoms with E-state index in [1.807, 2.05) is 38.1 Å². The Balaban J connectivity index is 2.17. The van der Waals surface area contributed by atoms with Gasteiger partial charge in [0, 0.05) is 12.0 Å². The van der Waals surface area contributed by atoms with E-state index in [2.05, 4.69) is 4.72 Å². The van der Waals surface area contributed by atoms with Crippen LogP contribution >= 0.6 is 0 Å². The molecule has 0 heterocycles. The summed E-state index contributed by atoms with van der Waals surface area (Å²) in [6, 6.07) is 11.2. The molecule has 0 unspecified atom stereocenters. The second kappa shape index (κ2) is 6.91. The zero-order valence-electron chi connectivity index (χ0n) is 14.3. The lowest BCUT2D eigenvalue weighted by Gasteiger charge is -2.26. The first-order valence-electron chi connectivity index (χ1n) is 7.56. The monoisotopic (exact) mass is 351 g/mol. The van der Waals surface area contributed by atoms with Crippen molar-refractivity contribution in [3.05, 3.63) is 59.4 Å². The van der Waals surface area contributed by atoms with Crippen molar-refractivity contribution >= 4 is 10.0 Å². The minimum atomic E-state index is -3.70. The van der Waals surface area contributed by atoms with E-state index in [-0.39, 0.29) is 11.4 Å². The Bertz CT molecular complexity index is 815. The van der Waals surface area contributed by atoms with Crippen LogP contribution in [0.3, 0.4) is 0 Å². The minimum absolute atomic E-state index is 0.0921. The molecule has 0 saturated heterocycles. The van der Waals surface area contributed by atoms with Crippen molar-refractivity contribution < 1.29 is 17.5 Å². The van der Waals surface area contributed by atoms with Gasteiger partial charge in [-0.3, -0.25) is 0 Å². The lowest BCUT2D eigenvalue weighted by Crippen LogP contribution is -2.36. The molecule has 130 valence electrons. The fourth-order valence-corrected chi connectivity index (χ4v) is 3.85. The molecule has 0 aliphatic heterocycles. The maximum absolute atomic E-state index is 13.2. The third-order valence-electron chi connectivity index (χ3n) is 4.00. The molecule has 0 fully saturated rings. The van der Waals surface area contributed by atoms with Crippen LogP contribution in [0.15, 0.2) is 47.4 Å². The van der Waals surface area contributed by atoms with Gasteiger partial charge in [-0.05, 0) is 48.4 Å². The summed E-state index contributed by atoms with van der Waals surface area (Å²) >= 11 is 0. The first kappa shape index (κ1) is 18.4. The topological polar surface area (TPSA) is 55.4 Å². The Hall–Kier alpha value is -1.92. The van der Waals surface area contributed by atoms with Crippen molar-refractivity contribution in [2.45, 2.75) is 31.1 Å². The van der Waals surface area contributed by atoms with E-state index in [4.69, 9.17) is 4.74 Å². The molecule has 0 atom stereocenters. The van der Waals surface area contributed by atoms with Gasteiger partial charge in [-0.2, -0.15) is 0 Å². The molecule has 0 aliphatic rings. The molecule has 0 bridgehead atoms. The molecule has 0 spiro atoms. The van der Waals surface area contributed by atoms with Crippen LogP contribution in [0, 0.1) is 12.7 Å². The quantitative estimate of drug-likeness (QED) is 0.868. The van der Waals surface area contributed by atoms with E-state index < -0.39 is 21.3 Å². The van der Waals surface area contributed by atoms with Crippen LogP contribution in [0.25, 0.3) is 0 Å². The van der Waals surface area contributed by atoms with Gasteiger partial charge in [0.25, 0.3) is 0 Å². The number of halogens is 1. The van der Waals surface area contributed by atoms with Gasteiger partial charge in [-0.1, -0.05) is 26.0 Å². The van der Waals surface area contributed by atoms with E-state index >= 15 is 0 Å². The largest absolute Gasteiger partial charge is 0.497 e. The highest BCUT2D eigenvalue weighted by Gasteiger charge is 2.25. The fourth-order valence-electron chi connectivity index (χ4n) is 2.41. The number of hydrogen-bond acceptors (Lipinski definition) is 3. The highest BCUT2D eigenvalue weighted by molar-refractivity contribution is 7.89. The summed E-state index contributed by atoms with van der Waals surface area (Å²) < 4.78 is 45.9. The normalized spacial score (nSPS) is 12.2. The van der Waals surface area contributed by atoms with Gasteiger partial charge in [-0.15, -0.1) is 0 Å². The summed E-state index contributed by atoms with van der Waals surface area (Å²) in [4.78, 5) is 0.0921. The van der Waals surface area contributed by atoms with E-state index in [1.165, 1.54) is 12.1 Å². The van der Waals surface area contributed by atoms with Gasteiger partial charge in [-0.25, -0.2) is 17.5 Å². The van der Waals surface area contributed by atoms with Gasteiger partial charge >= 0.3 is 0 Å². The SMILES string of the molecule is COc1ccc(C(C)(C)CNS(=O)(=O)c2ccc(F)cc2C)cc1. The first-order valence-corrected chi connectivity index (χ1v) is 9.04. The fraction of sp³-hybridized carbons (Fsp3) is 0.333. The Kier molecular flexibility index (Phi) is 5.30. The van der Waals surface area contributed by atoms with Gasteiger partial charge in [0.1, 0.15) is 11.6 Å². The summed E-state index contributed by atoms with van der Waals surface area (Å²) in [7, 11) is -2.11. The zero-order chi connectivity index (χ0) is 18.0. The Morgan fingerprint density at radius 2 is 1.75 bits per heavy atom. The Morgan fingerprint density at radius 1 is 1.12 bits per heavy atom. The van der Waals surface area contributed by atoms with Gasteiger partial charge in [0.05, 0.1) is 12.0 Å².